The van der Waals surface area contributed by atoms with E-state index in [0.29, 0.717) is 17.0 Å². The topological polar surface area (TPSA) is 52.7 Å². The predicted octanol–water partition coefficient (Wildman–Crippen LogP) is 2.24. The normalized spacial score (nSPS) is 18.0. The average Bonchev–Trinajstić information content (AvgIpc) is 2.95. The molecule has 0 aromatic heterocycles. The van der Waals surface area contributed by atoms with Crippen molar-refractivity contribution in [2.45, 2.75) is 25.1 Å². The van der Waals surface area contributed by atoms with Crippen molar-refractivity contribution >= 4 is 23.2 Å². The second-order valence-corrected chi connectivity index (χ2v) is 5.59. The van der Waals surface area contributed by atoms with Crippen molar-refractivity contribution in [3.8, 4) is 0 Å². The molecule has 0 spiro atoms. The Morgan fingerprint density at radius 3 is 2.61 bits per heavy atom. The van der Waals surface area contributed by atoms with Crippen LogP contribution in [0.5, 0.6) is 0 Å². The van der Waals surface area contributed by atoms with Gasteiger partial charge in [0.25, 0.3) is 0 Å². The molecular formula is C15H18F3N3O2. The zero-order valence-corrected chi connectivity index (χ0v) is 12.9. The number of amides is 2. The molecule has 2 amide bonds. The van der Waals surface area contributed by atoms with Crippen molar-refractivity contribution in [1.29, 1.82) is 0 Å². The summed E-state index contributed by atoms with van der Waals surface area (Å²) in [5.74, 6) is -2.56. The van der Waals surface area contributed by atoms with Crippen molar-refractivity contribution in [2.75, 3.05) is 30.9 Å². The summed E-state index contributed by atoms with van der Waals surface area (Å²) >= 11 is 0. The standard InChI is InChI=1S/C15H18F3N3O2/c1-20(2)11-6-3-5-10(9-11)19-13(22)12-7-4-8-21(12)14(23)15(16,17)18/h3,5-6,9,12H,4,7-8H2,1-2H3,(H,19,22). The van der Waals surface area contributed by atoms with Crippen LogP contribution >= 0.6 is 0 Å². The zero-order valence-electron chi connectivity index (χ0n) is 12.9. The molecule has 0 aliphatic carbocycles. The maximum Gasteiger partial charge on any atom is 0.471 e. The maximum absolute atomic E-state index is 12.6. The number of anilines is 2. The fraction of sp³-hybridized carbons (Fsp3) is 0.467. The molecule has 1 fully saturated rings. The van der Waals surface area contributed by atoms with Crippen LogP contribution in [0, 0.1) is 0 Å². The van der Waals surface area contributed by atoms with Crippen LogP contribution in [0.1, 0.15) is 12.8 Å². The first-order valence-electron chi connectivity index (χ1n) is 7.16. The number of alkyl halides is 3. The number of halogens is 3. The lowest BCUT2D eigenvalue weighted by atomic mass is 10.2. The van der Waals surface area contributed by atoms with Gasteiger partial charge in [0, 0.05) is 32.0 Å². The third-order valence-electron chi connectivity index (χ3n) is 3.69. The van der Waals surface area contributed by atoms with E-state index in [9.17, 15) is 22.8 Å². The Labute approximate surface area is 132 Å². The number of hydrogen-bond donors (Lipinski definition) is 1. The van der Waals surface area contributed by atoms with Gasteiger partial charge in [-0.05, 0) is 31.0 Å². The second kappa shape index (κ2) is 6.47. The van der Waals surface area contributed by atoms with Crippen molar-refractivity contribution in [3.05, 3.63) is 24.3 Å². The lowest BCUT2D eigenvalue weighted by molar-refractivity contribution is -0.186. The van der Waals surface area contributed by atoms with Crippen molar-refractivity contribution in [2.24, 2.45) is 0 Å². The van der Waals surface area contributed by atoms with E-state index in [0.717, 1.165) is 5.69 Å². The van der Waals surface area contributed by atoms with Crippen LogP contribution < -0.4 is 10.2 Å². The van der Waals surface area contributed by atoms with Crippen LogP contribution in [-0.4, -0.2) is 49.6 Å². The average molecular weight is 329 g/mol. The van der Waals surface area contributed by atoms with E-state index in [-0.39, 0.29) is 13.0 Å². The van der Waals surface area contributed by atoms with Crippen LogP contribution in [0.15, 0.2) is 24.3 Å². The molecule has 126 valence electrons. The lowest BCUT2D eigenvalue weighted by Crippen LogP contribution is -2.48. The van der Waals surface area contributed by atoms with E-state index in [2.05, 4.69) is 5.32 Å². The SMILES string of the molecule is CN(C)c1cccc(NC(=O)C2CCCN2C(=O)C(F)(F)F)c1. The van der Waals surface area contributed by atoms with E-state index in [4.69, 9.17) is 0 Å². The van der Waals surface area contributed by atoms with Crippen molar-refractivity contribution < 1.29 is 22.8 Å². The summed E-state index contributed by atoms with van der Waals surface area (Å²) < 4.78 is 37.7. The highest BCUT2D eigenvalue weighted by atomic mass is 19.4. The Balaban J connectivity index is 2.11. The van der Waals surface area contributed by atoms with Gasteiger partial charge in [-0.1, -0.05) is 6.07 Å². The van der Waals surface area contributed by atoms with Gasteiger partial charge in [0.15, 0.2) is 0 Å². The van der Waals surface area contributed by atoms with Gasteiger partial charge in [0.2, 0.25) is 5.91 Å². The van der Waals surface area contributed by atoms with Crippen LogP contribution in [-0.2, 0) is 9.59 Å². The Hall–Kier alpha value is -2.25. The Morgan fingerprint density at radius 1 is 1.30 bits per heavy atom. The third-order valence-corrected chi connectivity index (χ3v) is 3.69. The van der Waals surface area contributed by atoms with Gasteiger partial charge in [-0.3, -0.25) is 9.59 Å². The van der Waals surface area contributed by atoms with Gasteiger partial charge in [0.1, 0.15) is 6.04 Å². The molecule has 0 saturated carbocycles. The molecular weight excluding hydrogens is 311 g/mol. The molecule has 1 aromatic rings. The first-order chi connectivity index (χ1) is 10.7. The maximum atomic E-state index is 12.6. The van der Waals surface area contributed by atoms with Crippen LogP contribution in [0.4, 0.5) is 24.5 Å². The number of benzene rings is 1. The number of likely N-dealkylation sites (tertiary alicyclic amines) is 1. The molecule has 1 aliphatic rings. The van der Waals surface area contributed by atoms with Gasteiger partial charge in [0.05, 0.1) is 0 Å². The van der Waals surface area contributed by atoms with Crippen molar-refractivity contribution in [1.82, 2.24) is 4.90 Å². The van der Waals surface area contributed by atoms with Gasteiger partial charge in [-0.25, -0.2) is 0 Å². The Morgan fingerprint density at radius 2 is 2.00 bits per heavy atom. The van der Waals surface area contributed by atoms with E-state index >= 15 is 0 Å². The molecule has 2 rings (SSSR count). The number of nitrogens with zero attached hydrogens (tertiary/aromatic N) is 2. The summed E-state index contributed by atoms with van der Waals surface area (Å²) in [5.41, 5.74) is 1.32. The minimum absolute atomic E-state index is 0.0613. The highest BCUT2D eigenvalue weighted by molar-refractivity contribution is 5.98. The number of carbonyl (C=O) groups excluding carboxylic acids is 2. The minimum atomic E-state index is -4.96. The summed E-state index contributed by atoms with van der Waals surface area (Å²) in [7, 11) is 3.67. The van der Waals surface area contributed by atoms with Gasteiger partial charge < -0.3 is 15.1 Å². The van der Waals surface area contributed by atoms with Crippen LogP contribution in [0.3, 0.4) is 0 Å². The molecule has 8 heteroatoms. The molecule has 1 saturated heterocycles. The smallest absolute Gasteiger partial charge is 0.378 e. The minimum Gasteiger partial charge on any atom is -0.378 e. The van der Waals surface area contributed by atoms with E-state index in [1.54, 1.807) is 18.2 Å². The number of nitrogens with one attached hydrogen (secondary N) is 1. The quantitative estimate of drug-likeness (QED) is 0.925. The molecule has 23 heavy (non-hydrogen) atoms. The lowest BCUT2D eigenvalue weighted by Gasteiger charge is -2.25. The molecule has 0 bridgehead atoms. The first kappa shape index (κ1) is 17.1. The van der Waals surface area contributed by atoms with Crippen LogP contribution in [0.2, 0.25) is 0 Å². The molecule has 1 aliphatic heterocycles. The highest BCUT2D eigenvalue weighted by Crippen LogP contribution is 2.27. The third kappa shape index (κ3) is 3.94. The number of hydrogen-bond acceptors (Lipinski definition) is 3. The van der Waals surface area contributed by atoms with E-state index in [1.807, 2.05) is 25.1 Å². The fourth-order valence-electron chi connectivity index (χ4n) is 2.53. The fourth-order valence-corrected chi connectivity index (χ4v) is 2.53. The summed E-state index contributed by atoms with van der Waals surface area (Å²) in [6.45, 7) is -0.0613. The first-order valence-corrected chi connectivity index (χ1v) is 7.16. The highest BCUT2D eigenvalue weighted by Gasteiger charge is 2.47. The van der Waals surface area contributed by atoms with Crippen LogP contribution in [0.25, 0.3) is 0 Å². The molecule has 1 aromatic carbocycles. The van der Waals surface area contributed by atoms with E-state index in [1.165, 1.54) is 0 Å². The number of carbonyl (C=O) groups is 2. The van der Waals surface area contributed by atoms with Gasteiger partial charge >= 0.3 is 12.1 Å². The summed E-state index contributed by atoms with van der Waals surface area (Å²) in [5, 5.41) is 2.59. The molecule has 5 nitrogen and oxygen atoms in total. The van der Waals surface area contributed by atoms with Gasteiger partial charge in [-0.15, -0.1) is 0 Å². The second-order valence-electron chi connectivity index (χ2n) is 5.59. The molecule has 1 heterocycles. The summed E-state index contributed by atoms with van der Waals surface area (Å²) in [6.07, 6.45) is -4.37. The molecule has 1 unspecified atom stereocenters. The molecule has 1 atom stereocenters. The Kier molecular flexibility index (Phi) is 4.82. The largest absolute Gasteiger partial charge is 0.471 e. The molecule has 1 N–H and O–H groups in total. The predicted molar refractivity (Wildman–Crippen MR) is 80.2 cm³/mol. The summed E-state index contributed by atoms with van der Waals surface area (Å²) in [6, 6.07) is 5.84. The van der Waals surface area contributed by atoms with Crippen molar-refractivity contribution in [3.63, 3.8) is 0 Å². The monoisotopic (exact) mass is 329 g/mol. The summed E-state index contributed by atoms with van der Waals surface area (Å²) in [4.78, 5) is 26.1. The molecule has 0 radical (unpaired) electrons. The van der Waals surface area contributed by atoms with Gasteiger partial charge in [-0.2, -0.15) is 13.2 Å². The van der Waals surface area contributed by atoms with E-state index < -0.39 is 24.0 Å². The Bertz CT molecular complexity index is 602. The zero-order chi connectivity index (χ0) is 17.2. The number of rotatable bonds is 3.